The molecule has 5 heteroatoms. The summed E-state index contributed by atoms with van der Waals surface area (Å²) in [5, 5.41) is 3.70. The quantitative estimate of drug-likeness (QED) is 0.722. The zero-order valence-electron chi connectivity index (χ0n) is 16.9. The molecule has 1 aliphatic rings. The highest BCUT2D eigenvalue weighted by atomic mass is 16.6. The van der Waals surface area contributed by atoms with Gasteiger partial charge >= 0.3 is 6.09 Å². The van der Waals surface area contributed by atoms with Crippen LogP contribution in [-0.2, 0) is 4.74 Å². The van der Waals surface area contributed by atoms with Crippen molar-refractivity contribution in [1.29, 1.82) is 0 Å². The van der Waals surface area contributed by atoms with E-state index in [1.165, 1.54) is 0 Å². The molecule has 0 aromatic carbocycles. The monoisotopic (exact) mass is 341 g/mol. The Balaban J connectivity index is 2.21. The third-order valence-electron chi connectivity index (χ3n) is 4.49. The van der Waals surface area contributed by atoms with Gasteiger partial charge in [-0.15, -0.1) is 0 Å². The molecule has 0 saturated carbocycles. The van der Waals surface area contributed by atoms with Crippen molar-refractivity contribution < 1.29 is 9.53 Å². The van der Waals surface area contributed by atoms with Gasteiger partial charge in [-0.1, -0.05) is 27.7 Å². The highest BCUT2D eigenvalue weighted by Gasteiger charge is 2.25. The van der Waals surface area contributed by atoms with Gasteiger partial charge in [-0.05, 0) is 52.1 Å². The Morgan fingerprint density at radius 2 is 1.58 bits per heavy atom. The summed E-state index contributed by atoms with van der Waals surface area (Å²) >= 11 is 0. The van der Waals surface area contributed by atoms with Crippen molar-refractivity contribution in [2.45, 2.75) is 66.5 Å². The van der Waals surface area contributed by atoms with Crippen LogP contribution in [0.5, 0.6) is 0 Å². The first-order chi connectivity index (χ1) is 11.1. The Bertz CT molecular complexity index is 361. The largest absolute Gasteiger partial charge is 0.444 e. The van der Waals surface area contributed by atoms with Gasteiger partial charge in [-0.25, -0.2) is 4.79 Å². The van der Waals surface area contributed by atoms with Gasteiger partial charge < -0.3 is 15.0 Å². The Morgan fingerprint density at radius 1 is 1.04 bits per heavy atom. The number of piperazine rings is 1. The second kappa shape index (κ2) is 9.62. The van der Waals surface area contributed by atoms with Gasteiger partial charge in [-0.3, -0.25) is 4.90 Å². The minimum atomic E-state index is -0.413. The summed E-state index contributed by atoms with van der Waals surface area (Å²) in [4.78, 5) is 16.3. The number of carbonyl (C=O) groups excluding carboxylic acids is 1. The molecule has 0 aromatic rings. The van der Waals surface area contributed by atoms with Crippen LogP contribution >= 0.6 is 0 Å². The molecular weight excluding hydrogens is 302 g/mol. The molecule has 0 aliphatic carbocycles. The average molecular weight is 342 g/mol. The van der Waals surface area contributed by atoms with Crippen LogP contribution in [0.15, 0.2) is 0 Å². The fourth-order valence-corrected chi connectivity index (χ4v) is 3.29. The number of rotatable bonds is 7. The number of carbonyl (C=O) groups is 1. The maximum Gasteiger partial charge on any atom is 0.410 e. The lowest BCUT2D eigenvalue weighted by molar-refractivity contribution is 0.0144. The topological polar surface area (TPSA) is 44.8 Å². The summed E-state index contributed by atoms with van der Waals surface area (Å²) in [5.41, 5.74) is -0.413. The number of hydrogen-bond acceptors (Lipinski definition) is 4. The van der Waals surface area contributed by atoms with Crippen LogP contribution < -0.4 is 5.32 Å². The molecule has 142 valence electrons. The molecule has 0 unspecified atom stereocenters. The van der Waals surface area contributed by atoms with E-state index in [0.717, 1.165) is 45.7 Å². The second-order valence-electron chi connectivity index (χ2n) is 8.63. The Labute approximate surface area is 149 Å². The van der Waals surface area contributed by atoms with Crippen LogP contribution in [0.4, 0.5) is 4.79 Å². The molecule has 1 fully saturated rings. The first kappa shape index (κ1) is 21.2. The predicted octanol–water partition coefficient (Wildman–Crippen LogP) is 3.20. The molecule has 1 rings (SSSR count). The van der Waals surface area contributed by atoms with Crippen LogP contribution in [0.1, 0.15) is 54.9 Å². The van der Waals surface area contributed by atoms with Crippen molar-refractivity contribution in [3.63, 3.8) is 0 Å². The number of hydrogen-bond donors (Lipinski definition) is 1. The van der Waals surface area contributed by atoms with Crippen molar-refractivity contribution in [2.24, 2.45) is 11.8 Å². The van der Waals surface area contributed by atoms with Crippen molar-refractivity contribution in [2.75, 3.05) is 39.3 Å². The highest BCUT2D eigenvalue weighted by molar-refractivity contribution is 5.68. The molecule has 0 radical (unpaired) electrons. The SMILES string of the molecule is CC(C)C(NCCCN1CCN(C(=O)OC(C)(C)C)CC1)C(C)C. The summed E-state index contributed by atoms with van der Waals surface area (Å²) in [5.74, 6) is 1.34. The first-order valence-electron chi connectivity index (χ1n) is 9.54. The molecule has 1 saturated heterocycles. The van der Waals surface area contributed by atoms with E-state index >= 15 is 0 Å². The molecule has 1 amide bonds. The van der Waals surface area contributed by atoms with Crippen molar-refractivity contribution >= 4 is 6.09 Å². The summed E-state index contributed by atoms with van der Waals surface area (Å²) < 4.78 is 5.44. The van der Waals surface area contributed by atoms with Gasteiger partial charge in [0, 0.05) is 32.2 Å². The van der Waals surface area contributed by atoms with E-state index in [1.54, 1.807) is 0 Å². The lowest BCUT2D eigenvalue weighted by atomic mass is 9.93. The molecule has 0 atom stereocenters. The molecule has 1 heterocycles. The van der Waals surface area contributed by atoms with E-state index < -0.39 is 5.60 Å². The minimum absolute atomic E-state index is 0.180. The molecule has 0 spiro atoms. The standard InChI is InChI=1S/C19H39N3O2/c1-15(2)17(16(3)4)20-9-8-10-21-11-13-22(14-12-21)18(23)24-19(5,6)7/h15-17,20H,8-14H2,1-7H3. The minimum Gasteiger partial charge on any atom is -0.444 e. The normalized spacial score (nSPS) is 17.2. The van der Waals surface area contributed by atoms with Gasteiger partial charge in [0.1, 0.15) is 5.60 Å². The van der Waals surface area contributed by atoms with Crippen LogP contribution in [0, 0.1) is 11.8 Å². The molecular formula is C19H39N3O2. The van der Waals surface area contributed by atoms with Gasteiger partial charge in [0.25, 0.3) is 0 Å². The van der Waals surface area contributed by atoms with E-state index in [1.807, 2.05) is 25.7 Å². The number of amides is 1. The maximum absolute atomic E-state index is 12.1. The van der Waals surface area contributed by atoms with E-state index in [-0.39, 0.29) is 6.09 Å². The maximum atomic E-state index is 12.1. The van der Waals surface area contributed by atoms with E-state index in [4.69, 9.17) is 4.74 Å². The lowest BCUT2D eigenvalue weighted by Gasteiger charge is -2.35. The lowest BCUT2D eigenvalue weighted by Crippen LogP contribution is -2.50. The number of nitrogens with zero attached hydrogens (tertiary/aromatic N) is 2. The predicted molar refractivity (Wildman–Crippen MR) is 100 cm³/mol. The van der Waals surface area contributed by atoms with Crippen molar-refractivity contribution in [3.8, 4) is 0 Å². The molecule has 24 heavy (non-hydrogen) atoms. The van der Waals surface area contributed by atoms with E-state index in [0.29, 0.717) is 17.9 Å². The van der Waals surface area contributed by atoms with Crippen LogP contribution in [0.2, 0.25) is 0 Å². The number of nitrogens with one attached hydrogen (secondary N) is 1. The summed E-state index contributed by atoms with van der Waals surface area (Å²) in [7, 11) is 0. The zero-order chi connectivity index (χ0) is 18.3. The highest BCUT2D eigenvalue weighted by Crippen LogP contribution is 2.13. The smallest absolute Gasteiger partial charge is 0.410 e. The van der Waals surface area contributed by atoms with Gasteiger partial charge in [-0.2, -0.15) is 0 Å². The molecule has 0 bridgehead atoms. The third kappa shape index (κ3) is 7.84. The molecule has 1 N–H and O–H groups in total. The van der Waals surface area contributed by atoms with Gasteiger partial charge in [0.05, 0.1) is 0 Å². The van der Waals surface area contributed by atoms with Crippen molar-refractivity contribution in [3.05, 3.63) is 0 Å². The molecule has 1 aliphatic heterocycles. The third-order valence-corrected chi connectivity index (χ3v) is 4.49. The summed E-state index contributed by atoms with van der Waals surface area (Å²) in [6.07, 6.45) is 0.975. The Hall–Kier alpha value is -0.810. The van der Waals surface area contributed by atoms with Crippen LogP contribution in [0.25, 0.3) is 0 Å². The average Bonchev–Trinajstić information content (AvgIpc) is 2.45. The van der Waals surface area contributed by atoms with E-state index in [9.17, 15) is 4.79 Å². The summed E-state index contributed by atoms with van der Waals surface area (Å²) in [6.45, 7) is 20.5. The van der Waals surface area contributed by atoms with E-state index in [2.05, 4.69) is 37.9 Å². The number of ether oxygens (including phenoxy) is 1. The first-order valence-corrected chi connectivity index (χ1v) is 9.54. The second-order valence-corrected chi connectivity index (χ2v) is 8.63. The Kier molecular flexibility index (Phi) is 8.51. The van der Waals surface area contributed by atoms with Crippen LogP contribution in [-0.4, -0.2) is 66.8 Å². The van der Waals surface area contributed by atoms with Crippen LogP contribution in [0.3, 0.4) is 0 Å². The summed E-state index contributed by atoms with van der Waals surface area (Å²) in [6, 6.07) is 0.592. The molecule has 5 nitrogen and oxygen atoms in total. The van der Waals surface area contributed by atoms with Gasteiger partial charge in [0.2, 0.25) is 0 Å². The Morgan fingerprint density at radius 3 is 2.04 bits per heavy atom. The fraction of sp³-hybridized carbons (Fsp3) is 0.947. The zero-order valence-corrected chi connectivity index (χ0v) is 16.9. The fourth-order valence-electron chi connectivity index (χ4n) is 3.29. The van der Waals surface area contributed by atoms with Gasteiger partial charge in [0.15, 0.2) is 0 Å². The van der Waals surface area contributed by atoms with Crippen molar-refractivity contribution in [1.82, 2.24) is 15.1 Å². The molecule has 0 aromatic heterocycles.